The van der Waals surface area contributed by atoms with E-state index in [0.717, 1.165) is 29.3 Å². The lowest BCUT2D eigenvalue weighted by Gasteiger charge is -2.24. The molecular formula is C14H20ClNO. The minimum absolute atomic E-state index is 0.566. The van der Waals surface area contributed by atoms with Gasteiger partial charge in [-0.2, -0.15) is 0 Å². The number of rotatable bonds is 3. The second-order valence-corrected chi connectivity index (χ2v) is 5.12. The first kappa shape index (κ1) is 12.7. The smallest absolute Gasteiger partial charge is 0.140 e. The molecule has 1 aromatic carbocycles. The Balaban J connectivity index is 2.17. The molecule has 1 atom stereocenters. The fraction of sp³-hybridized carbons (Fsp3) is 0.571. The molecule has 1 aliphatic heterocycles. The average molecular weight is 254 g/mol. The lowest BCUT2D eigenvalue weighted by Crippen LogP contribution is -2.35. The molecule has 3 heteroatoms. The van der Waals surface area contributed by atoms with Crippen molar-refractivity contribution in [2.75, 3.05) is 13.7 Å². The molecule has 0 radical (unpaired) electrons. The summed E-state index contributed by atoms with van der Waals surface area (Å²) < 4.78 is 5.44. The summed E-state index contributed by atoms with van der Waals surface area (Å²) in [5.41, 5.74) is 2.28. The number of piperidine rings is 1. The van der Waals surface area contributed by atoms with Gasteiger partial charge in [-0.25, -0.2) is 0 Å². The van der Waals surface area contributed by atoms with E-state index in [9.17, 15) is 0 Å². The van der Waals surface area contributed by atoms with E-state index in [0.29, 0.717) is 6.04 Å². The van der Waals surface area contributed by atoms with Crippen LogP contribution in [0.1, 0.15) is 30.4 Å². The zero-order valence-corrected chi connectivity index (χ0v) is 11.3. The average Bonchev–Trinajstić information content (AvgIpc) is 2.36. The number of nitrogens with one attached hydrogen (secondary N) is 1. The third-order valence-corrected chi connectivity index (χ3v) is 3.92. The number of aryl methyl sites for hydroxylation is 1. The predicted molar refractivity (Wildman–Crippen MR) is 72.1 cm³/mol. The van der Waals surface area contributed by atoms with Gasteiger partial charge in [0.2, 0.25) is 0 Å². The van der Waals surface area contributed by atoms with Crippen molar-refractivity contribution < 1.29 is 4.74 Å². The van der Waals surface area contributed by atoms with Crippen molar-refractivity contribution in [1.29, 1.82) is 0 Å². The van der Waals surface area contributed by atoms with E-state index in [1.165, 1.54) is 24.8 Å². The summed E-state index contributed by atoms with van der Waals surface area (Å²) in [5.74, 6) is 0.846. The molecule has 1 aromatic rings. The number of ether oxygens (including phenoxy) is 1. The fourth-order valence-electron chi connectivity index (χ4n) is 2.44. The second kappa shape index (κ2) is 5.74. The van der Waals surface area contributed by atoms with E-state index in [-0.39, 0.29) is 0 Å². The van der Waals surface area contributed by atoms with E-state index < -0.39 is 0 Å². The van der Waals surface area contributed by atoms with Crippen molar-refractivity contribution in [2.45, 2.75) is 38.6 Å². The second-order valence-electron chi connectivity index (χ2n) is 4.74. The Labute approximate surface area is 108 Å². The van der Waals surface area contributed by atoms with Crippen LogP contribution in [0.5, 0.6) is 5.75 Å². The normalized spacial score (nSPS) is 20.3. The number of halogens is 1. The molecule has 1 saturated heterocycles. The topological polar surface area (TPSA) is 21.3 Å². The van der Waals surface area contributed by atoms with Gasteiger partial charge in [0.15, 0.2) is 0 Å². The Hall–Kier alpha value is -0.730. The molecule has 2 rings (SSSR count). The Bertz CT molecular complexity index is 386. The first-order valence-electron chi connectivity index (χ1n) is 6.27. The van der Waals surface area contributed by atoms with Crippen molar-refractivity contribution in [3.63, 3.8) is 0 Å². The van der Waals surface area contributed by atoms with E-state index >= 15 is 0 Å². The highest BCUT2D eigenvalue weighted by molar-refractivity contribution is 6.32. The first-order valence-corrected chi connectivity index (χ1v) is 6.65. The van der Waals surface area contributed by atoms with Crippen molar-refractivity contribution in [3.8, 4) is 5.75 Å². The number of hydrogen-bond donors (Lipinski definition) is 1. The van der Waals surface area contributed by atoms with E-state index in [4.69, 9.17) is 16.3 Å². The van der Waals surface area contributed by atoms with Crippen LogP contribution in [0, 0.1) is 6.92 Å². The third kappa shape index (κ3) is 2.93. The fourth-order valence-corrected chi connectivity index (χ4v) is 2.70. The summed E-state index contributed by atoms with van der Waals surface area (Å²) in [6, 6.07) is 4.77. The maximum absolute atomic E-state index is 6.27. The molecule has 0 amide bonds. The van der Waals surface area contributed by atoms with Crippen LogP contribution in [0.25, 0.3) is 0 Å². The Kier molecular flexibility index (Phi) is 4.30. The molecule has 1 heterocycles. The van der Waals surface area contributed by atoms with Crippen LogP contribution < -0.4 is 10.1 Å². The Morgan fingerprint density at radius 1 is 1.41 bits per heavy atom. The minimum atomic E-state index is 0.566. The zero-order valence-electron chi connectivity index (χ0n) is 10.6. The van der Waals surface area contributed by atoms with Gasteiger partial charge in [-0.05, 0) is 43.9 Å². The SMILES string of the molecule is COc1c(CC2CCCCN2)ccc(C)c1Cl. The van der Waals surface area contributed by atoms with Crippen LogP contribution >= 0.6 is 11.6 Å². The summed E-state index contributed by atoms with van der Waals surface area (Å²) in [5, 5.41) is 4.31. The van der Waals surface area contributed by atoms with Crippen molar-refractivity contribution >= 4 is 11.6 Å². The monoisotopic (exact) mass is 253 g/mol. The maximum Gasteiger partial charge on any atom is 0.140 e. The summed E-state index contributed by atoms with van der Waals surface area (Å²) in [6.07, 6.45) is 4.86. The highest BCUT2D eigenvalue weighted by Gasteiger charge is 2.17. The van der Waals surface area contributed by atoms with Gasteiger partial charge in [-0.15, -0.1) is 0 Å². The lowest BCUT2D eigenvalue weighted by molar-refractivity contribution is 0.381. The summed E-state index contributed by atoms with van der Waals surface area (Å²) in [4.78, 5) is 0. The summed E-state index contributed by atoms with van der Waals surface area (Å²) in [6.45, 7) is 3.14. The molecule has 17 heavy (non-hydrogen) atoms. The molecule has 0 saturated carbocycles. The predicted octanol–water partition coefficient (Wildman–Crippen LogP) is 3.34. The van der Waals surface area contributed by atoms with Crippen LogP contribution in [0.15, 0.2) is 12.1 Å². The minimum Gasteiger partial charge on any atom is -0.495 e. The first-order chi connectivity index (χ1) is 8.22. The number of benzene rings is 1. The number of hydrogen-bond acceptors (Lipinski definition) is 2. The zero-order chi connectivity index (χ0) is 12.3. The van der Waals surface area contributed by atoms with Gasteiger partial charge in [-0.3, -0.25) is 0 Å². The van der Waals surface area contributed by atoms with Crippen LogP contribution in [0.4, 0.5) is 0 Å². The highest BCUT2D eigenvalue weighted by Crippen LogP contribution is 2.32. The van der Waals surface area contributed by atoms with Gasteiger partial charge in [0.25, 0.3) is 0 Å². The van der Waals surface area contributed by atoms with E-state index in [1.807, 2.05) is 6.92 Å². The van der Waals surface area contributed by atoms with Crippen LogP contribution in [0.2, 0.25) is 5.02 Å². The van der Waals surface area contributed by atoms with Crippen molar-refractivity contribution in [3.05, 3.63) is 28.3 Å². The maximum atomic E-state index is 6.27. The molecule has 2 nitrogen and oxygen atoms in total. The van der Waals surface area contributed by atoms with Crippen molar-refractivity contribution in [2.24, 2.45) is 0 Å². The van der Waals surface area contributed by atoms with Gasteiger partial charge in [0, 0.05) is 6.04 Å². The molecule has 0 aliphatic carbocycles. The summed E-state index contributed by atoms with van der Waals surface area (Å²) in [7, 11) is 1.69. The van der Waals surface area contributed by atoms with Gasteiger partial charge in [0.05, 0.1) is 12.1 Å². The van der Waals surface area contributed by atoms with Crippen molar-refractivity contribution in [1.82, 2.24) is 5.32 Å². The summed E-state index contributed by atoms with van der Waals surface area (Å²) >= 11 is 6.27. The van der Waals surface area contributed by atoms with E-state index in [1.54, 1.807) is 7.11 Å². The van der Waals surface area contributed by atoms with E-state index in [2.05, 4.69) is 17.4 Å². The molecular weight excluding hydrogens is 234 g/mol. The van der Waals surface area contributed by atoms with Gasteiger partial charge < -0.3 is 10.1 Å². The van der Waals surface area contributed by atoms with Gasteiger partial charge >= 0.3 is 0 Å². The van der Waals surface area contributed by atoms with Gasteiger partial charge in [0.1, 0.15) is 5.75 Å². The molecule has 1 unspecified atom stereocenters. The molecule has 0 aromatic heterocycles. The Morgan fingerprint density at radius 2 is 2.24 bits per heavy atom. The van der Waals surface area contributed by atoms with Crippen LogP contribution in [-0.2, 0) is 6.42 Å². The molecule has 0 bridgehead atoms. The van der Waals surface area contributed by atoms with Crippen LogP contribution in [-0.4, -0.2) is 19.7 Å². The Morgan fingerprint density at radius 3 is 2.88 bits per heavy atom. The lowest BCUT2D eigenvalue weighted by atomic mass is 9.96. The highest BCUT2D eigenvalue weighted by atomic mass is 35.5. The third-order valence-electron chi connectivity index (χ3n) is 3.45. The molecule has 1 fully saturated rings. The molecule has 94 valence electrons. The molecule has 1 N–H and O–H groups in total. The molecule has 0 spiro atoms. The standard InChI is InChI=1S/C14H20ClNO/c1-10-6-7-11(14(17-2)13(10)15)9-12-5-3-4-8-16-12/h6-7,12,16H,3-5,8-9H2,1-2H3. The largest absolute Gasteiger partial charge is 0.495 e. The quantitative estimate of drug-likeness (QED) is 0.892. The number of methoxy groups -OCH3 is 1. The van der Waals surface area contributed by atoms with Crippen LogP contribution in [0.3, 0.4) is 0 Å². The van der Waals surface area contributed by atoms with Gasteiger partial charge in [-0.1, -0.05) is 30.2 Å². The molecule has 1 aliphatic rings.